The quantitative estimate of drug-likeness (QED) is 0.803. The summed E-state index contributed by atoms with van der Waals surface area (Å²) in [5, 5.41) is 3.41. The summed E-state index contributed by atoms with van der Waals surface area (Å²) in [6, 6.07) is 4.41. The molecule has 1 N–H and O–H groups in total. The number of rotatable bonds is 7. The average molecular weight is 342 g/mol. The summed E-state index contributed by atoms with van der Waals surface area (Å²) in [6.45, 7) is 9.95. The largest absolute Gasteiger partial charge is 0.492 e. The molecule has 1 atom stereocenters. The second-order valence-electron chi connectivity index (χ2n) is 4.63. The first-order valence-corrected chi connectivity index (χ1v) is 7.74. The lowest BCUT2D eigenvalue weighted by atomic mass is 10.1. The molecule has 0 saturated heterocycles. The van der Waals surface area contributed by atoms with E-state index >= 15 is 0 Å². The van der Waals surface area contributed by atoms with E-state index in [1.54, 1.807) is 7.11 Å². The summed E-state index contributed by atoms with van der Waals surface area (Å²) in [5.74, 6) is 1.50. The molecule has 0 aliphatic carbocycles. The highest BCUT2D eigenvalue weighted by atomic mass is 79.9. The Morgan fingerprint density at radius 3 is 2.65 bits per heavy atom. The molecule has 20 heavy (non-hydrogen) atoms. The Morgan fingerprint density at radius 2 is 2.10 bits per heavy atom. The Bertz CT molecular complexity index is 472. The van der Waals surface area contributed by atoms with Gasteiger partial charge in [-0.15, -0.1) is 0 Å². The van der Waals surface area contributed by atoms with E-state index < -0.39 is 0 Å². The summed E-state index contributed by atoms with van der Waals surface area (Å²) in [7, 11) is 1.65. The number of likely N-dealkylation sites (N-methyl/N-ethyl adjacent to an activating group) is 1. The number of halogens is 1. The van der Waals surface area contributed by atoms with Gasteiger partial charge >= 0.3 is 0 Å². The molecular formula is C16H24BrNO2. The Hall–Kier alpha value is -1.00. The lowest BCUT2D eigenvalue weighted by Crippen LogP contribution is -2.26. The predicted molar refractivity (Wildman–Crippen MR) is 88.7 cm³/mol. The van der Waals surface area contributed by atoms with Crippen molar-refractivity contribution in [2.45, 2.75) is 33.7 Å². The zero-order chi connectivity index (χ0) is 15.1. The van der Waals surface area contributed by atoms with Gasteiger partial charge < -0.3 is 14.8 Å². The van der Waals surface area contributed by atoms with E-state index in [4.69, 9.17) is 9.47 Å². The van der Waals surface area contributed by atoms with Crippen molar-refractivity contribution in [3.05, 3.63) is 27.7 Å². The van der Waals surface area contributed by atoms with Gasteiger partial charge in [0, 0.05) is 6.04 Å². The fourth-order valence-electron chi connectivity index (χ4n) is 1.99. The van der Waals surface area contributed by atoms with E-state index in [1.165, 1.54) is 5.57 Å². The molecule has 0 aliphatic rings. The first-order valence-electron chi connectivity index (χ1n) is 6.95. The van der Waals surface area contributed by atoms with E-state index in [0.29, 0.717) is 12.6 Å². The second-order valence-corrected chi connectivity index (χ2v) is 5.49. The van der Waals surface area contributed by atoms with E-state index in [9.17, 15) is 0 Å². The van der Waals surface area contributed by atoms with Gasteiger partial charge in [-0.25, -0.2) is 0 Å². The minimum atomic E-state index is 0.358. The van der Waals surface area contributed by atoms with Crippen molar-refractivity contribution in [1.29, 1.82) is 0 Å². The van der Waals surface area contributed by atoms with Gasteiger partial charge in [0.05, 0.1) is 18.2 Å². The number of nitrogens with one attached hydrogen (secondary N) is 1. The molecule has 3 nitrogen and oxygen atoms in total. The molecule has 1 unspecified atom stereocenters. The third-order valence-electron chi connectivity index (χ3n) is 3.12. The average Bonchev–Trinajstić information content (AvgIpc) is 2.39. The van der Waals surface area contributed by atoms with Crippen molar-refractivity contribution >= 4 is 22.0 Å². The molecule has 0 saturated carbocycles. The minimum absolute atomic E-state index is 0.358. The Kier molecular flexibility index (Phi) is 7.10. The third kappa shape index (κ3) is 4.53. The Morgan fingerprint density at radius 1 is 1.40 bits per heavy atom. The molecule has 0 spiro atoms. The molecule has 112 valence electrons. The highest BCUT2D eigenvalue weighted by Crippen LogP contribution is 2.37. The van der Waals surface area contributed by atoms with Crippen LogP contribution in [0.5, 0.6) is 11.5 Å². The van der Waals surface area contributed by atoms with Gasteiger partial charge in [0.25, 0.3) is 0 Å². The highest BCUT2D eigenvalue weighted by molar-refractivity contribution is 9.10. The second kappa shape index (κ2) is 8.32. The normalized spacial score (nSPS) is 13.2. The van der Waals surface area contributed by atoms with Crippen LogP contribution in [0.1, 0.15) is 33.3 Å². The van der Waals surface area contributed by atoms with E-state index in [-0.39, 0.29) is 0 Å². The van der Waals surface area contributed by atoms with E-state index in [2.05, 4.69) is 48.1 Å². The maximum Gasteiger partial charge on any atom is 0.174 e. The van der Waals surface area contributed by atoms with Crippen LogP contribution >= 0.6 is 15.9 Å². The molecule has 0 fully saturated rings. The molecule has 1 aromatic rings. The molecule has 1 aromatic carbocycles. The lowest BCUT2D eigenvalue weighted by molar-refractivity contribution is 0.310. The zero-order valence-corrected chi connectivity index (χ0v) is 14.5. The first kappa shape index (κ1) is 17.1. The molecule has 0 aromatic heterocycles. The number of benzene rings is 1. The van der Waals surface area contributed by atoms with Gasteiger partial charge in [0.2, 0.25) is 0 Å². The molecule has 0 bridgehead atoms. The van der Waals surface area contributed by atoms with E-state index in [1.807, 2.05) is 19.1 Å². The van der Waals surface area contributed by atoms with Crippen molar-refractivity contribution in [2.24, 2.45) is 0 Å². The van der Waals surface area contributed by atoms with Crippen LogP contribution in [-0.4, -0.2) is 26.3 Å². The van der Waals surface area contributed by atoms with Crippen LogP contribution in [0.2, 0.25) is 0 Å². The summed E-state index contributed by atoms with van der Waals surface area (Å²) in [4.78, 5) is 0. The minimum Gasteiger partial charge on any atom is -0.492 e. The maximum absolute atomic E-state index is 5.64. The van der Waals surface area contributed by atoms with Crippen molar-refractivity contribution in [3.63, 3.8) is 0 Å². The van der Waals surface area contributed by atoms with Crippen molar-refractivity contribution < 1.29 is 9.47 Å². The van der Waals surface area contributed by atoms with E-state index in [0.717, 1.165) is 28.1 Å². The van der Waals surface area contributed by atoms with Crippen molar-refractivity contribution in [3.8, 4) is 11.5 Å². The molecule has 0 heterocycles. The molecular weight excluding hydrogens is 318 g/mol. The van der Waals surface area contributed by atoms with Gasteiger partial charge in [0.15, 0.2) is 11.5 Å². The van der Waals surface area contributed by atoms with Crippen LogP contribution in [0.4, 0.5) is 0 Å². The van der Waals surface area contributed by atoms with Crippen LogP contribution in [-0.2, 0) is 0 Å². The van der Waals surface area contributed by atoms with Crippen LogP contribution < -0.4 is 14.8 Å². The third-order valence-corrected chi connectivity index (χ3v) is 3.71. The summed E-state index contributed by atoms with van der Waals surface area (Å²) < 4.78 is 11.9. The topological polar surface area (TPSA) is 30.5 Å². The highest BCUT2D eigenvalue weighted by Gasteiger charge is 2.11. The molecule has 4 heteroatoms. The lowest BCUT2D eigenvalue weighted by Gasteiger charge is -2.15. The van der Waals surface area contributed by atoms with Crippen LogP contribution in [0.3, 0.4) is 0 Å². The van der Waals surface area contributed by atoms with Gasteiger partial charge in [-0.1, -0.05) is 18.6 Å². The number of hydrogen-bond donors (Lipinski definition) is 1. The molecule has 0 radical (unpaired) electrons. The fraction of sp³-hybridized carbons (Fsp3) is 0.500. The number of methoxy groups -OCH3 is 1. The SMILES string of the molecule is CCNC(C)/C(C)=C/c1cc(Br)c(OC)c(OCC)c1. The first-order chi connectivity index (χ1) is 9.53. The number of hydrogen-bond acceptors (Lipinski definition) is 3. The Labute approximate surface area is 130 Å². The standard InChI is InChI=1S/C16H24BrNO2/c1-6-18-12(4)11(3)8-13-9-14(17)16(19-5)15(10-13)20-7-2/h8-10,12,18H,6-7H2,1-5H3/b11-8+. The molecule has 0 amide bonds. The zero-order valence-electron chi connectivity index (χ0n) is 12.9. The monoisotopic (exact) mass is 341 g/mol. The molecule has 0 aliphatic heterocycles. The predicted octanol–water partition coefficient (Wildman–Crippen LogP) is 4.26. The summed E-state index contributed by atoms with van der Waals surface area (Å²) in [5.41, 5.74) is 2.38. The smallest absolute Gasteiger partial charge is 0.174 e. The van der Waals surface area contributed by atoms with Crippen LogP contribution in [0.25, 0.3) is 6.08 Å². The summed E-state index contributed by atoms with van der Waals surface area (Å²) in [6.07, 6.45) is 2.17. The maximum atomic E-state index is 5.64. The Balaban J connectivity index is 3.10. The summed E-state index contributed by atoms with van der Waals surface area (Å²) >= 11 is 3.54. The van der Waals surface area contributed by atoms with Crippen LogP contribution in [0, 0.1) is 0 Å². The number of ether oxygens (including phenoxy) is 2. The fourth-order valence-corrected chi connectivity index (χ4v) is 2.61. The van der Waals surface area contributed by atoms with Gasteiger partial charge in [-0.05, 0) is 60.9 Å². The van der Waals surface area contributed by atoms with Crippen LogP contribution in [0.15, 0.2) is 22.2 Å². The van der Waals surface area contributed by atoms with Gasteiger partial charge in [-0.2, -0.15) is 0 Å². The van der Waals surface area contributed by atoms with Gasteiger partial charge in [-0.3, -0.25) is 0 Å². The molecule has 1 rings (SSSR count). The van der Waals surface area contributed by atoms with Crippen molar-refractivity contribution in [1.82, 2.24) is 5.32 Å². The van der Waals surface area contributed by atoms with Gasteiger partial charge in [0.1, 0.15) is 0 Å². The van der Waals surface area contributed by atoms with Crippen molar-refractivity contribution in [2.75, 3.05) is 20.3 Å².